The number of nitrogens with zero attached hydrogens (tertiary/aromatic N) is 1. The Bertz CT molecular complexity index is 1390. The van der Waals surface area contributed by atoms with Gasteiger partial charge in [-0.05, 0) is 51.1 Å². The van der Waals surface area contributed by atoms with Crippen LogP contribution >= 0.6 is 15.9 Å². The van der Waals surface area contributed by atoms with Gasteiger partial charge in [-0.2, -0.15) is 0 Å². The van der Waals surface area contributed by atoms with Crippen LogP contribution in [0.3, 0.4) is 0 Å². The zero-order valence-corrected chi connectivity index (χ0v) is 22.1. The second-order valence-corrected chi connectivity index (χ2v) is 10.1. The Labute approximate surface area is 218 Å². The SMILES string of the molecule is COc1ccc(NC(C(=O)c2ccccc2)n2ccc3c(Br)cccc32)c(NC(=O)OC(C)(C)C)c1. The molecule has 1 unspecified atom stereocenters. The van der Waals surface area contributed by atoms with E-state index in [0.717, 1.165) is 15.4 Å². The van der Waals surface area contributed by atoms with E-state index in [9.17, 15) is 9.59 Å². The highest BCUT2D eigenvalue weighted by molar-refractivity contribution is 9.10. The lowest BCUT2D eigenvalue weighted by Crippen LogP contribution is -2.29. The number of hydrogen-bond acceptors (Lipinski definition) is 5. The second-order valence-electron chi connectivity index (χ2n) is 9.21. The summed E-state index contributed by atoms with van der Waals surface area (Å²) >= 11 is 3.59. The first kappa shape index (κ1) is 25.3. The smallest absolute Gasteiger partial charge is 0.412 e. The third kappa shape index (κ3) is 5.71. The molecule has 7 nitrogen and oxygen atoms in total. The van der Waals surface area contributed by atoms with E-state index in [-0.39, 0.29) is 5.78 Å². The number of benzene rings is 3. The van der Waals surface area contributed by atoms with Crippen LogP contribution in [-0.4, -0.2) is 29.2 Å². The van der Waals surface area contributed by atoms with Gasteiger partial charge in [-0.15, -0.1) is 0 Å². The molecule has 0 bridgehead atoms. The van der Waals surface area contributed by atoms with Crippen molar-refractivity contribution in [3.63, 3.8) is 0 Å². The first-order valence-corrected chi connectivity index (χ1v) is 12.2. The fourth-order valence-corrected chi connectivity index (χ4v) is 4.33. The Hall–Kier alpha value is -3.78. The molecule has 1 heterocycles. The van der Waals surface area contributed by atoms with Crippen molar-refractivity contribution in [2.45, 2.75) is 32.5 Å². The first-order chi connectivity index (χ1) is 17.2. The summed E-state index contributed by atoms with van der Waals surface area (Å²) in [5, 5.41) is 7.12. The van der Waals surface area contributed by atoms with Crippen LogP contribution in [0.1, 0.15) is 37.3 Å². The van der Waals surface area contributed by atoms with E-state index in [2.05, 4.69) is 26.6 Å². The van der Waals surface area contributed by atoms with E-state index in [1.807, 2.05) is 53.2 Å². The van der Waals surface area contributed by atoms with E-state index in [1.54, 1.807) is 58.2 Å². The Kier molecular flexibility index (Phi) is 7.35. The van der Waals surface area contributed by atoms with E-state index in [4.69, 9.17) is 9.47 Å². The zero-order valence-electron chi connectivity index (χ0n) is 20.5. The summed E-state index contributed by atoms with van der Waals surface area (Å²) in [7, 11) is 1.55. The van der Waals surface area contributed by atoms with Crippen LogP contribution in [0.2, 0.25) is 0 Å². The summed E-state index contributed by atoms with van der Waals surface area (Å²) in [5.74, 6) is 0.417. The number of ketones is 1. The lowest BCUT2D eigenvalue weighted by atomic mass is 10.1. The van der Waals surface area contributed by atoms with Crippen molar-refractivity contribution in [3.8, 4) is 5.75 Å². The van der Waals surface area contributed by atoms with Crippen molar-refractivity contribution in [1.82, 2.24) is 4.57 Å². The summed E-state index contributed by atoms with van der Waals surface area (Å²) in [5.41, 5.74) is 1.73. The number of methoxy groups -OCH3 is 1. The average Bonchev–Trinajstić information content (AvgIpc) is 3.27. The summed E-state index contributed by atoms with van der Waals surface area (Å²) < 4.78 is 13.6. The fraction of sp³-hybridized carbons (Fsp3) is 0.214. The topological polar surface area (TPSA) is 81.6 Å². The lowest BCUT2D eigenvalue weighted by molar-refractivity contribution is 0.0636. The molecule has 0 radical (unpaired) electrons. The van der Waals surface area contributed by atoms with E-state index in [1.165, 1.54) is 0 Å². The molecule has 1 atom stereocenters. The molecule has 2 N–H and O–H groups in total. The monoisotopic (exact) mass is 549 g/mol. The van der Waals surface area contributed by atoms with Crippen molar-refractivity contribution >= 4 is 50.1 Å². The van der Waals surface area contributed by atoms with Gasteiger partial charge in [0.05, 0.1) is 24.0 Å². The van der Waals surface area contributed by atoms with E-state index < -0.39 is 17.9 Å². The van der Waals surface area contributed by atoms with Crippen molar-refractivity contribution in [1.29, 1.82) is 0 Å². The van der Waals surface area contributed by atoms with Crippen LogP contribution in [0.4, 0.5) is 16.2 Å². The number of fused-ring (bicyclic) bond motifs is 1. The highest BCUT2D eigenvalue weighted by Gasteiger charge is 2.25. The van der Waals surface area contributed by atoms with Crippen molar-refractivity contribution in [3.05, 3.63) is 89.0 Å². The van der Waals surface area contributed by atoms with E-state index >= 15 is 0 Å². The van der Waals surface area contributed by atoms with Gasteiger partial charge in [0.1, 0.15) is 11.4 Å². The number of anilines is 2. The normalized spacial score (nSPS) is 12.1. The molecule has 1 amide bonds. The van der Waals surface area contributed by atoms with E-state index in [0.29, 0.717) is 22.7 Å². The van der Waals surface area contributed by atoms with Gasteiger partial charge in [-0.25, -0.2) is 4.79 Å². The average molecular weight is 550 g/mol. The van der Waals surface area contributed by atoms with Crippen LogP contribution in [0.25, 0.3) is 10.9 Å². The first-order valence-electron chi connectivity index (χ1n) is 11.4. The molecule has 0 saturated heterocycles. The lowest BCUT2D eigenvalue weighted by Gasteiger charge is -2.25. The highest BCUT2D eigenvalue weighted by atomic mass is 79.9. The maximum Gasteiger partial charge on any atom is 0.412 e. The molecule has 0 aliphatic carbocycles. The number of carbonyl (C=O) groups is 2. The zero-order chi connectivity index (χ0) is 25.9. The predicted octanol–water partition coefficient (Wildman–Crippen LogP) is 7.25. The van der Waals surface area contributed by atoms with Gasteiger partial charge < -0.3 is 19.4 Å². The van der Waals surface area contributed by atoms with Crippen LogP contribution in [-0.2, 0) is 4.74 Å². The van der Waals surface area contributed by atoms with Gasteiger partial charge >= 0.3 is 6.09 Å². The van der Waals surface area contributed by atoms with Crippen LogP contribution in [0.5, 0.6) is 5.75 Å². The van der Waals surface area contributed by atoms with Crippen molar-refractivity contribution < 1.29 is 19.1 Å². The van der Waals surface area contributed by atoms with Crippen LogP contribution < -0.4 is 15.4 Å². The van der Waals surface area contributed by atoms with Crippen molar-refractivity contribution in [2.75, 3.05) is 17.7 Å². The van der Waals surface area contributed by atoms with Crippen molar-refractivity contribution in [2.24, 2.45) is 0 Å². The fourth-order valence-electron chi connectivity index (χ4n) is 3.84. The maximum atomic E-state index is 13.8. The number of rotatable bonds is 7. The molecule has 0 fully saturated rings. The molecule has 36 heavy (non-hydrogen) atoms. The molecule has 186 valence electrons. The number of amides is 1. The minimum atomic E-state index is -0.799. The summed E-state index contributed by atoms with van der Waals surface area (Å²) in [4.78, 5) is 26.4. The quantitative estimate of drug-likeness (QED) is 0.237. The molecule has 8 heteroatoms. The Balaban J connectivity index is 1.77. The van der Waals surface area contributed by atoms with Crippen LogP contribution in [0, 0.1) is 0 Å². The molecule has 3 aromatic carbocycles. The third-order valence-electron chi connectivity index (χ3n) is 5.45. The third-order valence-corrected chi connectivity index (χ3v) is 6.14. The second kappa shape index (κ2) is 10.5. The number of halogens is 1. The van der Waals surface area contributed by atoms with Gasteiger partial charge in [-0.1, -0.05) is 52.3 Å². The van der Waals surface area contributed by atoms with Gasteiger partial charge in [0.15, 0.2) is 6.17 Å². The number of Topliss-reactive ketones (excluding diaryl/α,β-unsaturated/α-hetero) is 1. The number of ether oxygens (including phenoxy) is 2. The van der Waals surface area contributed by atoms with Gasteiger partial charge in [0.25, 0.3) is 0 Å². The largest absolute Gasteiger partial charge is 0.497 e. The molecular formula is C28H28BrN3O4. The minimum Gasteiger partial charge on any atom is -0.497 e. The summed E-state index contributed by atoms with van der Waals surface area (Å²) in [6.45, 7) is 5.38. The maximum absolute atomic E-state index is 13.8. The number of aromatic nitrogens is 1. The number of nitrogens with one attached hydrogen (secondary N) is 2. The molecule has 4 rings (SSSR count). The molecule has 0 aliphatic rings. The number of carbonyl (C=O) groups excluding carboxylic acids is 2. The minimum absolute atomic E-state index is 0.132. The molecule has 0 aliphatic heterocycles. The summed E-state index contributed by atoms with van der Waals surface area (Å²) in [6.07, 6.45) is 0.463. The van der Waals surface area contributed by atoms with Gasteiger partial charge in [-0.3, -0.25) is 10.1 Å². The Morgan fingerprint density at radius 1 is 0.944 bits per heavy atom. The number of hydrogen-bond donors (Lipinski definition) is 2. The summed E-state index contributed by atoms with van der Waals surface area (Å²) in [6, 6.07) is 22.1. The molecular weight excluding hydrogens is 522 g/mol. The molecule has 4 aromatic rings. The predicted molar refractivity (Wildman–Crippen MR) is 146 cm³/mol. The molecule has 0 saturated carbocycles. The van der Waals surface area contributed by atoms with Crippen LogP contribution in [0.15, 0.2) is 83.5 Å². The molecule has 0 spiro atoms. The Morgan fingerprint density at radius 3 is 2.39 bits per heavy atom. The highest BCUT2D eigenvalue weighted by Crippen LogP contribution is 2.33. The Morgan fingerprint density at radius 2 is 1.69 bits per heavy atom. The molecule has 1 aromatic heterocycles. The van der Waals surface area contributed by atoms with Gasteiger partial charge in [0, 0.05) is 27.7 Å². The standard InChI is InChI=1S/C28H28BrN3O4/c1-28(2,3)36-27(34)31-23-17-19(35-4)13-14-22(23)30-26(25(33)18-9-6-5-7-10-18)32-16-15-20-21(29)11-8-12-24(20)32/h5-17,26,30H,1-4H3,(H,31,34). The van der Waals surface area contributed by atoms with Gasteiger partial charge in [0.2, 0.25) is 5.78 Å².